The highest BCUT2D eigenvalue weighted by atomic mass is 16.3. The first kappa shape index (κ1) is 10.5. The second-order valence-electron chi connectivity index (χ2n) is 3.15. The third-order valence-corrected chi connectivity index (χ3v) is 1.67. The lowest BCUT2D eigenvalue weighted by atomic mass is 10.3. The van der Waals surface area contributed by atoms with Gasteiger partial charge < -0.3 is 10.8 Å². The normalized spacial score (nSPS) is 10.4. The fourth-order valence-electron chi connectivity index (χ4n) is 1.11. The molecule has 0 fully saturated rings. The number of nitrogens with zero attached hydrogens (tertiary/aromatic N) is 2. The second kappa shape index (κ2) is 4.57. The van der Waals surface area contributed by atoms with E-state index < -0.39 is 0 Å². The van der Waals surface area contributed by atoms with Gasteiger partial charge in [0.05, 0.1) is 18.4 Å². The largest absolute Gasteiger partial charge is 0.506 e. The standard InChI is InChI=1S/C9H13N3O2/c1-12(6-9(10)14)5-7-2-3-8(13)4-11-7/h2-4,13H,5-6H2,1H3,(H2,10,14). The Morgan fingerprint density at radius 1 is 1.64 bits per heavy atom. The monoisotopic (exact) mass is 195 g/mol. The van der Waals surface area contributed by atoms with Crippen LogP contribution in [0.5, 0.6) is 5.75 Å². The first-order valence-electron chi connectivity index (χ1n) is 4.18. The van der Waals surface area contributed by atoms with Gasteiger partial charge in [-0.25, -0.2) is 0 Å². The molecule has 5 heteroatoms. The first-order chi connectivity index (χ1) is 6.58. The fourth-order valence-corrected chi connectivity index (χ4v) is 1.11. The van der Waals surface area contributed by atoms with Crippen LogP contribution in [0.3, 0.4) is 0 Å². The van der Waals surface area contributed by atoms with E-state index in [4.69, 9.17) is 10.8 Å². The average Bonchev–Trinajstić information content (AvgIpc) is 2.07. The Labute approximate surface area is 82.2 Å². The molecule has 0 aliphatic rings. The van der Waals surface area contributed by atoms with Gasteiger partial charge in [0.15, 0.2) is 0 Å². The topological polar surface area (TPSA) is 79.5 Å². The summed E-state index contributed by atoms with van der Waals surface area (Å²) in [5.74, 6) is -0.238. The van der Waals surface area contributed by atoms with Crippen LogP contribution < -0.4 is 5.73 Å². The minimum atomic E-state index is -0.369. The minimum absolute atomic E-state index is 0.131. The average molecular weight is 195 g/mol. The minimum Gasteiger partial charge on any atom is -0.506 e. The molecule has 0 aliphatic heterocycles. The number of primary amides is 1. The van der Waals surface area contributed by atoms with Crippen molar-refractivity contribution in [3.05, 3.63) is 24.0 Å². The van der Waals surface area contributed by atoms with Gasteiger partial charge in [0.1, 0.15) is 5.75 Å². The van der Waals surface area contributed by atoms with Crippen LogP contribution in [0.1, 0.15) is 5.69 Å². The van der Waals surface area contributed by atoms with E-state index in [9.17, 15) is 4.79 Å². The zero-order chi connectivity index (χ0) is 10.6. The predicted octanol–water partition coefficient (Wildman–Crippen LogP) is -0.296. The number of amides is 1. The predicted molar refractivity (Wildman–Crippen MR) is 51.4 cm³/mol. The van der Waals surface area contributed by atoms with Crippen molar-refractivity contribution in [3.8, 4) is 5.75 Å². The van der Waals surface area contributed by atoms with Crippen molar-refractivity contribution >= 4 is 5.91 Å². The number of aromatic hydroxyl groups is 1. The Hall–Kier alpha value is -1.62. The van der Waals surface area contributed by atoms with E-state index in [1.54, 1.807) is 24.1 Å². The zero-order valence-electron chi connectivity index (χ0n) is 7.97. The van der Waals surface area contributed by atoms with Gasteiger partial charge in [-0.05, 0) is 19.2 Å². The molecule has 5 nitrogen and oxygen atoms in total. The van der Waals surface area contributed by atoms with E-state index in [-0.39, 0.29) is 18.2 Å². The summed E-state index contributed by atoms with van der Waals surface area (Å²) >= 11 is 0. The SMILES string of the molecule is CN(CC(N)=O)Cc1ccc(O)cn1. The number of carbonyl (C=O) groups is 1. The van der Waals surface area contributed by atoms with Crippen molar-refractivity contribution < 1.29 is 9.90 Å². The summed E-state index contributed by atoms with van der Waals surface area (Å²) < 4.78 is 0. The molecule has 0 saturated carbocycles. The molecule has 76 valence electrons. The van der Waals surface area contributed by atoms with Gasteiger partial charge >= 0.3 is 0 Å². The summed E-state index contributed by atoms with van der Waals surface area (Å²) in [6, 6.07) is 3.26. The lowest BCUT2D eigenvalue weighted by Gasteiger charge is -2.13. The lowest BCUT2D eigenvalue weighted by Crippen LogP contribution is -2.30. The Morgan fingerprint density at radius 2 is 2.36 bits per heavy atom. The molecule has 1 aromatic heterocycles. The molecule has 0 spiro atoms. The summed E-state index contributed by atoms with van der Waals surface area (Å²) in [6.45, 7) is 0.728. The van der Waals surface area contributed by atoms with E-state index in [1.165, 1.54) is 6.20 Å². The molecule has 1 amide bonds. The van der Waals surface area contributed by atoms with Crippen molar-refractivity contribution in [1.82, 2.24) is 9.88 Å². The molecule has 0 unspecified atom stereocenters. The number of rotatable bonds is 4. The number of aromatic nitrogens is 1. The van der Waals surface area contributed by atoms with Crippen molar-refractivity contribution in [3.63, 3.8) is 0 Å². The number of carbonyl (C=O) groups excluding carboxylic acids is 1. The summed E-state index contributed by atoms with van der Waals surface area (Å²) in [5.41, 5.74) is 5.81. The van der Waals surface area contributed by atoms with Crippen LogP contribution in [0, 0.1) is 0 Å². The van der Waals surface area contributed by atoms with Gasteiger partial charge in [0.25, 0.3) is 0 Å². The molecule has 0 atom stereocenters. The number of likely N-dealkylation sites (N-methyl/N-ethyl adjacent to an activating group) is 1. The molecule has 14 heavy (non-hydrogen) atoms. The van der Waals surface area contributed by atoms with E-state index in [0.29, 0.717) is 6.54 Å². The van der Waals surface area contributed by atoms with Crippen LogP contribution in [0.2, 0.25) is 0 Å². The highest BCUT2D eigenvalue weighted by Crippen LogP contribution is 2.06. The number of hydrogen-bond acceptors (Lipinski definition) is 4. The van der Waals surface area contributed by atoms with Crippen LogP contribution >= 0.6 is 0 Å². The molecular formula is C9H13N3O2. The number of pyridine rings is 1. The summed E-state index contributed by atoms with van der Waals surface area (Å²) in [5, 5.41) is 8.99. The van der Waals surface area contributed by atoms with E-state index in [2.05, 4.69) is 4.98 Å². The van der Waals surface area contributed by atoms with Crippen LogP contribution in [0.15, 0.2) is 18.3 Å². The van der Waals surface area contributed by atoms with Crippen LogP contribution in [-0.4, -0.2) is 34.5 Å². The number of hydrogen-bond donors (Lipinski definition) is 2. The maximum absolute atomic E-state index is 10.6. The summed E-state index contributed by atoms with van der Waals surface area (Å²) in [6.07, 6.45) is 1.37. The molecule has 0 bridgehead atoms. The summed E-state index contributed by atoms with van der Waals surface area (Å²) in [7, 11) is 1.78. The Balaban J connectivity index is 2.51. The lowest BCUT2D eigenvalue weighted by molar-refractivity contribution is -0.118. The molecule has 0 aliphatic carbocycles. The Kier molecular flexibility index (Phi) is 3.41. The van der Waals surface area contributed by atoms with Gasteiger partial charge in [-0.1, -0.05) is 0 Å². The second-order valence-corrected chi connectivity index (χ2v) is 3.15. The molecular weight excluding hydrogens is 182 g/mol. The van der Waals surface area contributed by atoms with Crippen molar-refractivity contribution in [2.75, 3.05) is 13.6 Å². The smallest absolute Gasteiger partial charge is 0.231 e. The third-order valence-electron chi connectivity index (χ3n) is 1.67. The van der Waals surface area contributed by atoms with Crippen LogP contribution in [-0.2, 0) is 11.3 Å². The maximum Gasteiger partial charge on any atom is 0.231 e. The molecule has 1 rings (SSSR count). The fraction of sp³-hybridized carbons (Fsp3) is 0.333. The van der Waals surface area contributed by atoms with Gasteiger partial charge in [0, 0.05) is 6.54 Å². The quantitative estimate of drug-likeness (QED) is 0.691. The van der Waals surface area contributed by atoms with Crippen molar-refractivity contribution in [2.24, 2.45) is 5.73 Å². The van der Waals surface area contributed by atoms with Crippen molar-refractivity contribution in [1.29, 1.82) is 0 Å². The Morgan fingerprint density at radius 3 is 2.86 bits per heavy atom. The molecule has 0 saturated heterocycles. The van der Waals surface area contributed by atoms with Gasteiger partial charge in [-0.3, -0.25) is 14.7 Å². The van der Waals surface area contributed by atoms with Gasteiger partial charge in [-0.15, -0.1) is 0 Å². The van der Waals surface area contributed by atoms with E-state index in [1.807, 2.05) is 0 Å². The zero-order valence-corrected chi connectivity index (χ0v) is 7.97. The van der Waals surface area contributed by atoms with Gasteiger partial charge in [0.2, 0.25) is 5.91 Å². The van der Waals surface area contributed by atoms with Crippen LogP contribution in [0.4, 0.5) is 0 Å². The first-order valence-corrected chi connectivity index (χ1v) is 4.18. The van der Waals surface area contributed by atoms with E-state index in [0.717, 1.165) is 5.69 Å². The molecule has 1 aromatic rings. The molecule has 0 aromatic carbocycles. The highest BCUT2D eigenvalue weighted by molar-refractivity contribution is 5.75. The van der Waals surface area contributed by atoms with E-state index >= 15 is 0 Å². The molecule has 3 N–H and O–H groups in total. The van der Waals surface area contributed by atoms with Crippen molar-refractivity contribution in [2.45, 2.75) is 6.54 Å². The summed E-state index contributed by atoms with van der Waals surface area (Å²) in [4.78, 5) is 16.3. The van der Waals surface area contributed by atoms with Gasteiger partial charge in [-0.2, -0.15) is 0 Å². The highest BCUT2D eigenvalue weighted by Gasteiger charge is 2.04. The number of nitrogens with two attached hydrogens (primary N) is 1. The Bertz CT molecular complexity index is 310. The third kappa shape index (κ3) is 3.40. The maximum atomic E-state index is 10.6. The molecule has 0 radical (unpaired) electrons. The van der Waals surface area contributed by atoms with Crippen LogP contribution in [0.25, 0.3) is 0 Å². The molecule has 1 heterocycles.